The maximum atomic E-state index is 12.2. The fourth-order valence-corrected chi connectivity index (χ4v) is 2.13. The van der Waals surface area contributed by atoms with Crippen LogP contribution in [0.3, 0.4) is 0 Å². The number of ether oxygens (including phenoxy) is 2. The van der Waals surface area contributed by atoms with Crippen LogP contribution in [0.5, 0.6) is 11.6 Å². The number of benzene rings is 1. The lowest BCUT2D eigenvalue weighted by Gasteiger charge is -2.08. The zero-order valence-electron chi connectivity index (χ0n) is 11.1. The van der Waals surface area contributed by atoms with E-state index in [1.54, 1.807) is 19.2 Å². The van der Waals surface area contributed by atoms with Crippen molar-refractivity contribution in [1.82, 2.24) is 10.2 Å². The molecular formula is C14H13BrN2O3. The summed E-state index contributed by atoms with van der Waals surface area (Å²) in [5, 5.41) is 7.63. The normalized spacial score (nSPS) is 10.2. The van der Waals surface area contributed by atoms with Gasteiger partial charge in [-0.15, -0.1) is 10.2 Å². The van der Waals surface area contributed by atoms with Crippen molar-refractivity contribution in [3.63, 3.8) is 0 Å². The lowest BCUT2D eigenvalue weighted by Crippen LogP contribution is -2.08. The van der Waals surface area contributed by atoms with E-state index >= 15 is 0 Å². The van der Waals surface area contributed by atoms with E-state index in [2.05, 4.69) is 26.1 Å². The third kappa shape index (κ3) is 3.33. The summed E-state index contributed by atoms with van der Waals surface area (Å²) in [5.41, 5.74) is 1.09. The van der Waals surface area contributed by atoms with Crippen molar-refractivity contribution in [2.24, 2.45) is 0 Å². The van der Waals surface area contributed by atoms with E-state index in [9.17, 15) is 4.79 Å². The van der Waals surface area contributed by atoms with E-state index < -0.39 is 0 Å². The molecule has 0 aliphatic carbocycles. The van der Waals surface area contributed by atoms with E-state index in [4.69, 9.17) is 9.47 Å². The molecule has 0 radical (unpaired) electrons. The molecule has 5 nitrogen and oxygen atoms in total. The number of rotatable bonds is 5. The highest BCUT2D eigenvalue weighted by atomic mass is 79.9. The van der Waals surface area contributed by atoms with Crippen molar-refractivity contribution >= 4 is 21.7 Å². The first-order valence-electron chi connectivity index (χ1n) is 5.87. The van der Waals surface area contributed by atoms with Crippen molar-refractivity contribution in [1.29, 1.82) is 0 Å². The number of ketones is 1. The Morgan fingerprint density at radius 2 is 1.95 bits per heavy atom. The first-order chi connectivity index (χ1) is 9.63. The van der Waals surface area contributed by atoms with Crippen molar-refractivity contribution < 1.29 is 14.3 Å². The summed E-state index contributed by atoms with van der Waals surface area (Å²) in [4.78, 5) is 12.2. The number of Topliss-reactive ketones (excluding diaryl/α,β-unsaturated/α-hetero) is 1. The molecule has 0 unspecified atom stereocenters. The van der Waals surface area contributed by atoms with Gasteiger partial charge in [0.05, 0.1) is 14.2 Å². The van der Waals surface area contributed by atoms with E-state index in [1.807, 2.05) is 18.2 Å². The molecule has 104 valence electrons. The number of methoxy groups -OCH3 is 2. The first kappa shape index (κ1) is 14.5. The van der Waals surface area contributed by atoms with Gasteiger partial charge >= 0.3 is 0 Å². The summed E-state index contributed by atoms with van der Waals surface area (Å²) in [6, 6.07) is 8.73. The standard InChI is InChI=1S/C14H13BrN2O3/c1-19-13-5-3-10(15)7-9(13)8-12(18)11-4-6-14(20-2)17-16-11/h3-7H,8H2,1-2H3. The second-order valence-corrected chi connectivity index (χ2v) is 4.93. The molecule has 2 aromatic rings. The SMILES string of the molecule is COc1ccc(C(=O)Cc2cc(Br)ccc2OC)nn1. The molecule has 2 rings (SSSR count). The summed E-state index contributed by atoms with van der Waals surface area (Å²) in [7, 11) is 3.07. The zero-order valence-corrected chi connectivity index (χ0v) is 12.7. The average molecular weight is 337 g/mol. The molecule has 20 heavy (non-hydrogen) atoms. The summed E-state index contributed by atoms with van der Waals surface area (Å²) in [6.07, 6.45) is 0.198. The number of aromatic nitrogens is 2. The highest BCUT2D eigenvalue weighted by Crippen LogP contribution is 2.24. The minimum atomic E-state index is -0.128. The molecule has 0 atom stereocenters. The Bertz CT molecular complexity index is 614. The van der Waals surface area contributed by atoms with Gasteiger partial charge in [-0.05, 0) is 24.3 Å². The predicted octanol–water partition coefficient (Wildman–Crippen LogP) is 2.68. The number of carbonyl (C=O) groups is 1. The fraction of sp³-hybridized carbons (Fsp3) is 0.214. The minimum Gasteiger partial charge on any atom is -0.496 e. The van der Waals surface area contributed by atoms with Gasteiger partial charge in [0.1, 0.15) is 11.4 Å². The van der Waals surface area contributed by atoms with Crippen molar-refractivity contribution in [3.8, 4) is 11.6 Å². The maximum Gasteiger partial charge on any atom is 0.233 e. The third-order valence-electron chi connectivity index (χ3n) is 2.73. The van der Waals surface area contributed by atoms with Crippen molar-refractivity contribution in [3.05, 3.63) is 46.1 Å². The zero-order chi connectivity index (χ0) is 14.5. The van der Waals surface area contributed by atoms with Gasteiger partial charge in [0, 0.05) is 22.5 Å². The van der Waals surface area contributed by atoms with Gasteiger partial charge in [0.15, 0.2) is 5.78 Å². The van der Waals surface area contributed by atoms with Crippen LogP contribution in [-0.4, -0.2) is 30.2 Å². The largest absolute Gasteiger partial charge is 0.496 e. The topological polar surface area (TPSA) is 61.3 Å². The highest BCUT2D eigenvalue weighted by molar-refractivity contribution is 9.10. The van der Waals surface area contributed by atoms with E-state index in [-0.39, 0.29) is 12.2 Å². The summed E-state index contributed by atoms with van der Waals surface area (Å²) in [5.74, 6) is 0.918. The van der Waals surface area contributed by atoms with Crippen LogP contribution in [0.15, 0.2) is 34.8 Å². The predicted molar refractivity (Wildman–Crippen MR) is 77.3 cm³/mol. The molecule has 0 bridgehead atoms. The molecule has 0 aliphatic heterocycles. The molecule has 0 saturated carbocycles. The molecule has 0 fully saturated rings. The molecule has 1 heterocycles. The van der Waals surface area contributed by atoms with Gasteiger partial charge in [-0.1, -0.05) is 15.9 Å². The first-order valence-corrected chi connectivity index (χ1v) is 6.66. The van der Waals surface area contributed by atoms with Crippen molar-refractivity contribution in [2.75, 3.05) is 14.2 Å². The van der Waals surface area contributed by atoms with Crippen LogP contribution in [0.1, 0.15) is 16.1 Å². The number of hydrogen-bond acceptors (Lipinski definition) is 5. The Morgan fingerprint density at radius 3 is 2.55 bits per heavy atom. The number of nitrogens with zero attached hydrogens (tertiary/aromatic N) is 2. The average Bonchev–Trinajstić information content (AvgIpc) is 2.47. The molecule has 1 aromatic carbocycles. The summed E-state index contributed by atoms with van der Waals surface area (Å²) >= 11 is 3.38. The van der Waals surface area contributed by atoms with Gasteiger partial charge in [-0.3, -0.25) is 4.79 Å². The van der Waals surface area contributed by atoms with Crippen LogP contribution in [-0.2, 0) is 6.42 Å². The van der Waals surface area contributed by atoms with Crippen LogP contribution < -0.4 is 9.47 Å². The van der Waals surface area contributed by atoms with Crippen molar-refractivity contribution in [2.45, 2.75) is 6.42 Å². The Labute approximate surface area is 125 Å². The highest BCUT2D eigenvalue weighted by Gasteiger charge is 2.13. The van der Waals surface area contributed by atoms with Crippen LogP contribution >= 0.6 is 15.9 Å². The number of halogens is 1. The van der Waals surface area contributed by atoms with E-state index in [0.717, 1.165) is 10.0 Å². The molecule has 0 saturated heterocycles. The number of hydrogen-bond donors (Lipinski definition) is 0. The molecule has 1 aromatic heterocycles. The fourth-order valence-electron chi connectivity index (χ4n) is 1.73. The summed E-state index contributed by atoms with van der Waals surface area (Å²) in [6.45, 7) is 0. The third-order valence-corrected chi connectivity index (χ3v) is 3.22. The van der Waals surface area contributed by atoms with Crippen LogP contribution in [0, 0.1) is 0 Å². The molecule has 6 heteroatoms. The van der Waals surface area contributed by atoms with E-state index in [1.165, 1.54) is 7.11 Å². The Kier molecular flexibility index (Phi) is 4.68. The molecule has 0 spiro atoms. The monoisotopic (exact) mass is 336 g/mol. The molecule has 0 aliphatic rings. The van der Waals surface area contributed by atoms with Gasteiger partial charge in [-0.25, -0.2) is 0 Å². The maximum absolute atomic E-state index is 12.2. The molecular weight excluding hydrogens is 324 g/mol. The molecule has 0 N–H and O–H groups in total. The van der Waals surface area contributed by atoms with Gasteiger partial charge in [0.2, 0.25) is 5.88 Å². The van der Waals surface area contributed by atoms with Gasteiger partial charge in [-0.2, -0.15) is 0 Å². The van der Waals surface area contributed by atoms with Crippen LogP contribution in [0.4, 0.5) is 0 Å². The lowest BCUT2D eigenvalue weighted by molar-refractivity contribution is 0.0986. The second kappa shape index (κ2) is 6.47. The van der Waals surface area contributed by atoms with Crippen LogP contribution in [0.25, 0.3) is 0 Å². The smallest absolute Gasteiger partial charge is 0.233 e. The number of carbonyl (C=O) groups excluding carboxylic acids is 1. The Hall–Kier alpha value is -1.95. The second-order valence-electron chi connectivity index (χ2n) is 4.02. The minimum absolute atomic E-state index is 0.128. The quantitative estimate of drug-likeness (QED) is 0.785. The van der Waals surface area contributed by atoms with E-state index in [0.29, 0.717) is 17.3 Å². The Balaban J connectivity index is 2.20. The summed E-state index contributed by atoms with van der Waals surface area (Å²) < 4.78 is 11.0. The van der Waals surface area contributed by atoms with Crippen LogP contribution in [0.2, 0.25) is 0 Å². The lowest BCUT2D eigenvalue weighted by atomic mass is 10.1. The van der Waals surface area contributed by atoms with Gasteiger partial charge in [0.25, 0.3) is 0 Å². The van der Waals surface area contributed by atoms with Gasteiger partial charge < -0.3 is 9.47 Å². The molecule has 0 amide bonds. The Morgan fingerprint density at radius 1 is 1.15 bits per heavy atom.